The van der Waals surface area contributed by atoms with Gasteiger partial charge in [-0.25, -0.2) is 0 Å². The standard InChI is InChI=1S/C3H6N4.ClH/c1-7-2-3(4)5-6-7;/h2H,4H2,1H3;1H. The van der Waals surface area contributed by atoms with Crippen molar-refractivity contribution in [2.24, 2.45) is 7.05 Å². The van der Waals surface area contributed by atoms with Crippen LogP contribution in [0.2, 0.25) is 0 Å². The van der Waals surface area contributed by atoms with Crippen LogP contribution < -0.4 is 5.73 Å². The van der Waals surface area contributed by atoms with Gasteiger partial charge in [-0.05, 0) is 0 Å². The topological polar surface area (TPSA) is 56.7 Å². The Kier molecular flexibility index (Phi) is 2.27. The summed E-state index contributed by atoms with van der Waals surface area (Å²) in [4.78, 5) is 0. The fraction of sp³-hybridized carbons (Fsp3) is 0.333. The first-order valence-corrected chi connectivity index (χ1v) is 1.91. The molecular weight excluding hydrogens is 128 g/mol. The van der Waals surface area contributed by atoms with Crippen LogP contribution in [0.4, 0.5) is 5.82 Å². The van der Waals surface area contributed by atoms with Crippen molar-refractivity contribution >= 4 is 18.2 Å². The Morgan fingerprint density at radius 1 is 1.75 bits per heavy atom. The summed E-state index contributed by atoms with van der Waals surface area (Å²) >= 11 is 0. The summed E-state index contributed by atoms with van der Waals surface area (Å²) < 4.78 is 1.55. The van der Waals surface area contributed by atoms with Crippen molar-refractivity contribution in [3.05, 3.63) is 6.20 Å². The Hall–Kier alpha value is -0.770. The molecule has 0 radical (unpaired) electrons. The van der Waals surface area contributed by atoms with E-state index < -0.39 is 0 Å². The third-order valence-corrected chi connectivity index (χ3v) is 0.620. The first-order valence-electron chi connectivity index (χ1n) is 1.91. The van der Waals surface area contributed by atoms with Gasteiger partial charge in [-0.3, -0.25) is 4.68 Å². The highest BCUT2D eigenvalue weighted by molar-refractivity contribution is 5.85. The van der Waals surface area contributed by atoms with Gasteiger partial charge in [0.05, 0.1) is 6.20 Å². The van der Waals surface area contributed by atoms with E-state index in [1.807, 2.05) is 0 Å². The number of nitrogen functional groups attached to an aromatic ring is 1. The molecule has 0 fully saturated rings. The van der Waals surface area contributed by atoms with Crippen LogP contribution >= 0.6 is 12.4 Å². The molecule has 0 aliphatic rings. The second kappa shape index (κ2) is 2.52. The Morgan fingerprint density at radius 2 is 2.38 bits per heavy atom. The van der Waals surface area contributed by atoms with Crippen LogP contribution in [0.25, 0.3) is 0 Å². The fourth-order valence-corrected chi connectivity index (χ4v) is 0.365. The minimum atomic E-state index is 0. The Bertz CT molecular complexity index is 144. The van der Waals surface area contributed by atoms with Gasteiger partial charge in [-0.1, -0.05) is 5.21 Å². The number of hydrogen-bond acceptors (Lipinski definition) is 3. The van der Waals surface area contributed by atoms with E-state index in [1.54, 1.807) is 17.9 Å². The van der Waals surface area contributed by atoms with Gasteiger partial charge in [-0.2, -0.15) is 0 Å². The summed E-state index contributed by atoms with van der Waals surface area (Å²) in [5.74, 6) is 0.461. The highest BCUT2D eigenvalue weighted by Crippen LogP contribution is 1.86. The lowest BCUT2D eigenvalue weighted by atomic mass is 10.8. The van der Waals surface area contributed by atoms with Gasteiger partial charge in [0.15, 0.2) is 5.82 Å². The van der Waals surface area contributed by atoms with E-state index in [2.05, 4.69) is 10.3 Å². The predicted octanol–water partition coefficient (Wildman–Crippen LogP) is -0.181. The van der Waals surface area contributed by atoms with Crippen LogP contribution in [0.1, 0.15) is 0 Å². The van der Waals surface area contributed by atoms with Crippen molar-refractivity contribution in [1.82, 2.24) is 15.0 Å². The molecule has 0 saturated heterocycles. The van der Waals surface area contributed by atoms with Crippen LogP contribution in [0, 0.1) is 0 Å². The molecule has 46 valence electrons. The molecular formula is C3H7ClN4. The lowest BCUT2D eigenvalue weighted by Gasteiger charge is -1.75. The van der Waals surface area contributed by atoms with Gasteiger partial charge < -0.3 is 5.73 Å². The number of nitrogens with zero attached hydrogens (tertiary/aromatic N) is 3. The lowest BCUT2D eigenvalue weighted by molar-refractivity contribution is 0.715. The van der Waals surface area contributed by atoms with E-state index in [4.69, 9.17) is 5.73 Å². The average molecular weight is 135 g/mol. The lowest BCUT2D eigenvalue weighted by Crippen LogP contribution is -1.85. The zero-order chi connectivity index (χ0) is 5.28. The van der Waals surface area contributed by atoms with Crippen molar-refractivity contribution in [2.75, 3.05) is 5.73 Å². The maximum Gasteiger partial charge on any atom is 0.165 e. The Morgan fingerprint density at radius 3 is 2.50 bits per heavy atom. The number of hydrogen-bond donors (Lipinski definition) is 1. The number of anilines is 1. The summed E-state index contributed by atoms with van der Waals surface area (Å²) in [6.07, 6.45) is 1.64. The summed E-state index contributed by atoms with van der Waals surface area (Å²) in [6, 6.07) is 0. The predicted molar refractivity (Wildman–Crippen MR) is 32.7 cm³/mol. The third kappa shape index (κ3) is 1.38. The van der Waals surface area contributed by atoms with Gasteiger partial charge in [0.25, 0.3) is 0 Å². The molecule has 0 aliphatic carbocycles. The van der Waals surface area contributed by atoms with E-state index in [9.17, 15) is 0 Å². The number of aromatic nitrogens is 3. The molecule has 1 aromatic heterocycles. The first kappa shape index (κ1) is 7.23. The molecule has 0 atom stereocenters. The number of rotatable bonds is 0. The Balaban J connectivity index is 0.000000490. The van der Waals surface area contributed by atoms with Crippen LogP contribution in [0.3, 0.4) is 0 Å². The quantitative estimate of drug-likeness (QED) is 0.536. The molecule has 0 saturated carbocycles. The highest BCUT2D eigenvalue weighted by atomic mass is 35.5. The summed E-state index contributed by atoms with van der Waals surface area (Å²) in [5.41, 5.74) is 5.18. The summed E-state index contributed by atoms with van der Waals surface area (Å²) in [6.45, 7) is 0. The molecule has 0 amide bonds. The van der Waals surface area contributed by atoms with Gasteiger partial charge >= 0.3 is 0 Å². The maximum absolute atomic E-state index is 5.18. The average Bonchev–Trinajstić information content (AvgIpc) is 1.87. The minimum Gasteiger partial charge on any atom is -0.381 e. The molecule has 0 aliphatic heterocycles. The third-order valence-electron chi connectivity index (χ3n) is 0.620. The summed E-state index contributed by atoms with van der Waals surface area (Å²) in [7, 11) is 1.77. The van der Waals surface area contributed by atoms with Crippen LogP contribution in [0.5, 0.6) is 0 Å². The van der Waals surface area contributed by atoms with E-state index in [0.717, 1.165) is 0 Å². The maximum atomic E-state index is 5.18. The molecule has 0 spiro atoms. The minimum absolute atomic E-state index is 0. The van der Waals surface area contributed by atoms with Crippen molar-refractivity contribution in [3.63, 3.8) is 0 Å². The molecule has 0 aromatic carbocycles. The first-order chi connectivity index (χ1) is 3.29. The number of nitrogens with two attached hydrogens (primary N) is 1. The van der Waals surface area contributed by atoms with Crippen molar-refractivity contribution in [3.8, 4) is 0 Å². The zero-order valence-corrected chi connectivity index (χ0v) is 5.22. The highest BCUT2D eigenvalue weighted by Gasteiger charge is 1.84. The van der Waals surface area contributed by atoms with Gasteiger partial charge in [-0.15, -0.1) is 17.5 Å². The molecule has 1 rings (SSSR count). The van der Waals surface area contributed by atoms with Crippen LogP contribution in [0.15, 0.2) is 6.20 Å². The second-order valence-electron chi connectivity index (χ2n) is 1.32. The van der Waals surface area contributed by atoms with E-state index >= 15 is 0 Å². The molecule has 5 heteroatoms. The molecule has 8 heavy (non-hydrogen) atoms. The largest absolute Gasteiger partial charge is 0.381 e. The molecule has 4 nitrogen and oxygen atoms in total. The number of aryl methyl sites for hydroxylation is 1. The SMILES string of the molecule is Cl.Cn1cc(N)nn1. The molecule has 1 heterocycles. The van der Waals surface area contributed by atoms with Crippen LogP contribution in [-0.4, -0.2) is 15.0 Å². The normalized spacial score (nSPS) is 8.12. The van der Waals surface area contributed by atoms with Crippen molar-refractivity contribution in [2.45, 2.75) is 0 Å². The molecule has 0 unspecified atom stereocenters. The van der Waals surface area contributed by atoms with Crippen LogP contribution in [-0.2, 0) is 7.05 Å². The van der Waals surface area contributed by atoms with Gasteiger partial charge in [0.1, 0.15) is 0 Å². The number of halogens is 1. The molecule has 0 bridgehead atoms. The van der Waals surface area contributed by atoms with E-state index in [1.165, 1.54) is 0 Å². The fourth-order valence-electron chi connectivity index (χ4n) is 0.365. The molecule has 2 N–H and O–H groups in total. The van der Waals surface area contributed by atoms with Crippen molar-refractivity contribution < 1.29 is 0 Å². The monoisotopic (exact) mass is 134 g/mol. The molecule has 1 aromatic rings. The van der Waals surface area contributed by atoms with Crippen molar-refractivity contribution in [1.29, 1.82) is 0 Å². The van der Waals surface area contributed by atoms with Gasteiger partial charge in [0.2, 0.25) is 0 Å². The second-order valence-corrected chi connectivity index (χ2v) is 1.32. The zero-order valence-electron chi connectivity index (χ0n) is 4.40. The summed E-state index contributed by atoms with van der Waals surface area (Å²) in [5, 5.41) is 7.06. The Labute approximate surface area is 53.1 Å². The van der Waals surface area contributed by atoms with Gasteiger partial charge in [0, 0.05) is 7.05 Å². The van der Waals surface area contributed by atoms with E-state index in [0.29, 0.717) is 5.82 Å². The smallest absolute Gasteiger partial charge is 0.165 e. The van der Waals surface area contributed by atoms with E-state index in [-0.39, 0.29) is 12.4 Å².